The molecule has 1 aromatic carbocycles. The Morgan fingerprint density at radius 1 is 1.22 bits per heavy atom. The number of rotatable bonds is 3. The monoisotopic (exact) mass is 240 g/mol. The minimum absolute atomic E-state index is 0.635. The second-order valence-electron chi connectivity index (χ2n) is 4.09. The standard InChI is InChI=1S/C12H12N6/c1-9-3-2-4-10(7-9)8-13-11-5-6-12-14-16-17-18(12)15-11/h2-7H,8H2,1H3,(H,13,15). The maximum atomic E-state index is 4.24. The van der Waals surface area contributed by atoms with Crippen molar-refractivity contribution >= 4 is 11.5 Å². The van der Waals surface area contributed by atoms with Crippen LogP contribution >= 0.6 is 0 Å². The van der Waals surface area contributed by atoms with E-state index in [9.17, 15) is 0 Å². The molecule has 0 saturated carbocycles. The van der Waals surface area contributed by atoms with Gasteiger partial charge in [-0.05, 0) is 35.0 Å². The average molecular weight is 240 g/mol. The molecule has 0 atom stereocenters. The maximum Gasteiger partial charge on any atom is 0.200 e. The number of tetrazole rings is 1. The molecule has 0 amide bonds. The molecule has 0 spiro atoms. The van der Waals surface area contributed by atoms with Gasteiger partial charge in [-0.1, -0.05) is 29.8 Å². The summed E-state index contributed by atoms with van der Waals surface area (Å²) in [6, 6.07) is 12.0. The number of aromatic nitrogens is 5. The van der Waals surface area contributed by atoms with Crippen LogP contribution in [0.25, 0.3) is 5.65 Å². The van der Waals surface area contributed by atoms with Gasteiger partial charge in [-0.3, -0.25) is 0 Å². The van der Waals surface area contributed by atoms with Crippen LogP contribution in [0.5, 0.6) is 0 Å². The van der Waals surface area contributed by atoms with Crippen LogP contribution in [0, 0.1) is 6.92 Å². The van der Waals surface area contributed by atoms with E-state index in [2.05, 4.69) is 51.1 Å². The number of hydrogen-bond acceptors (Lipinski definition) is 5. The highest BCUT2D eigenvalue weighted by atomic mass is 15.6. The number of benzene rings is 1. The molecule has 6 nitrogen and oxygen atoms in total. The van der Waals surface area contributed by atoms with Crippen LogP contribution in [-0.4, -0.2) is 25.3 Å². The van der Waals surface area contributed by atoms with Crippen molar-refractivity contribution in [3.05, 3.63) is 47.5 Å². The van der Waals surface area contributed by atoms with Crippen LogP contribution in [0.3, 0.4) is 0 Å². The summed E-state index contributed by atoms with van der Waals surface area (Å²) in [6.45, 7) is 2.80. The fraction of sp³-hybridized carbons (Fsp3) is 0.167. The summed E-state index contributed by atoms with van der Waals surface area (Å²) < 4.78 is 1.40. The van der Waals surface area contributed by atoms with Gasteiger partial charge in [0, 0.05) is 6.54 Å². The third-order valence-electron chi connectivity index (χ3n) is 2.63. The molecular formula is C12H12N6. The SMILES string of the molecule is Cc1cccc(CNc2ccc3nnnn3n2)c1. The van der Waals surface area contributed by atoms with E-state index in [4.69, 9.17) is 0 Å². The van der Waals surface area contributed by atoms with Gasteiger partial charge in [-0.2, -0.15) is 0 Å². The van der Waals surface area contributed by atoms with Gasteiger partial charge < -0.3 is 5.32 Å². The van der Waals surface area contributed by atoms with E-state index in [1.807, 2.05) is 18.2 Å². The summed E-state index contributed by atoms with van der Waals surface area (Å²) in [6.07, 6.45) is 0. The molecule has 0 bridgehead atoms. The summed E-state index contributed by atoms with van der Waals surface area (Å²) in [4.78, 5) is 0. The Labute approximate surface area is 104 Å². The molecule has 2 heterocycles. The summed E-state index contributed by atoms with van der Waals surface area (Å²) in [7, 11) is 0. The van der Waals surface area contributed by atoms with Crippen molar-refractivity contribution in [2.75, 3.05) is 5.32 Å². The van der Waals surface area contributed by atoms with Crippen molar-refractivity contribution in [3.63, 3.8) is 0 Å². The van der Waals surface area contributed by atoms with Gasteiger partial charge in [0.15, 0.2) is 5.65 Å². The zero-order valence-electron chi connectivity index (χ0n) is 9.91. The molecule has 2 aromatic heterocycles. The van der Waals surface area contributed by atoms with E-state index in [0.29, 0.717) is 5.65 Å². The van der Waals surface area contributed by atoms with Crippen LogP contribution in [0.2, 0.25) is 0 Å². The molecule has 90 valence electrons. The van der Waals surface area contributed by atoms with Crippen LogP contribution in [0.15, 0.2) is 36.4 Å². The molecule has 1 N–H and O–H groups in total. The molecule has 0 fully saturated rings. The number of nitrogens with zero attached hydrogens (tertiary/aromatic N) is 5. The highest BCUT2D eigenvalue weighted by molar-refractivity contribution is 5.42. The third-order valence-corrected chi connectivity index (χ3v) is 2.63. The number of nitrogens with one attached hydrogen (secondary N) is 1. The predicted molar refractivity (Wildman–Crippen MR) is 67.1 cm³/mol. The normalized spacial score (nSPS) is 10.7. The molecule has 6 heteroatoms. The highest BCUT2D eigenvalue weighted by Crippen LogP contribution is 2.08. The van der Waals surface area contributed by atoms with Gasteiger partial charge in [0.1, 0.15) is 5.82 Å². The van der Waals surface area contributed by atoms with Crippen LogP contribution in [-0.2, 0) is 6.54 Å². The second-order valence-corrected chi connectivity index (χ2v) is 4.09. The third kappa shape index (κ3) is 2.13. The highest BCUT2D eigenvalue weighted by Gasteiger charge is 2.00. The first-order valence-corrected chi connectivity index (χ1v) is 5.66. The quantitative estimate of drug-likeness (QED) is 0.750. The molecular weight excluding hydrogens is 228 g/mol. The molecule has 0 radical (unpaired) electrons. The summed E-state index contributed by atoms with van der Waals surface area (Å²) in [5, 5.41) is 18.6. The number of hydrogen-bond donors (Lipinski definition) is 1. The lowest BCUT2D eigenvalue weighted by atomic mass is 10.1. The molecule has 0 aliphatic heterocycles. The molecule has 18 heavy (non-hydrogen) atoms. The van der Waals surface area contributed by atoms with Gasteiger partial charge in [0.25, 0.3) is 0 Å². The van der Waals surface area contributed by atoms with Crippen LogP contribution in [0.4, 0.5) is 5.82 Å². The van der Waals surface area contributed by atoms with Gasteiger partial charge >= 0.3 is 0 Å². The first-order valence-electron chi connectivity index (χ1n) is 5.66. The van der Waals surface area contributed by atoms with E-state index in [1.165, 1.54) is 15.8 Å². The Kier molecular flexibility index (Phi) is 2.60. The molecule has 3 aromatic rings. The second kappa shape index (κ2) is 4.40. The Balaban J connectivity index is 1.76. The summed E-state index contributed by atoms with van der Waals surface area (Å²) >= 11 is 0. The lowest BCUT2D eigenvalue weighted by Gasteiger charge is -2.05. The zero-order chi connectivity index (χ0) is 12.4. The Hall–Kier alpha value is -2.50. The van der Waals surface area contributed by atoms with Gasteiger partial charge in [-0.25, -0.2) is 0 Å². The molecule has 0 saturated heterocycles. The lowest BCUT2D eigenvalue weighted by molar-refractivity contribution is 0.734. The van der Waals surface area contributed by atoms with Crippen LogP contribution < -0.4 is 5.32 Å². The number of fused-ring (bicyclic) bond motifs is 1. The van der Waals surface area contributed by atoms with Crippen molar-refractivity contribution in [3.8, 4) is 0 Å². The smallest absolute Gasteiger partial charge is 0.200 e. The maximum absolute atomic E-state index is 4.24. The van der Waals surface area contributed by atoms with Gasteiger partial charge in [-0.15, -0.1) is 14.8 Å². The van der Waals surface area contributed by atoms with E-state index >= 15 is 0 Å². The topological polar surface area (TPSA) is 68.0 Å². The molecule has 3 rings (SSSR count). The fourth-order valence-corrected chi connectivity index (χ4v) is 1.76. The van der Waals surface area contributed by atoms with Crippen molar-refractivity contribution in [1.29, 1.82) is 0 Å². The van der Waals surface area contributed by atoms with Crippen molar-refractivity contribution in [1.82, 2.24) is 25.3 Å². The predicted octanol–water partition coefficient (Wildman–Crippen LogP) is 1.44. The van der Waals surface area contributed by atoms with Crippen molar-refractivity contribution in [2.45, 2.75) is 13.5 Å². The first kappa shape index (κ1) is 10.6. The lowest BCUT2D eigenvalue weighted by Crippen LogP contribution is -2.04. The minimum Gasteiger partial charge on any atom is -0.365 e. The van der Waals surface area contributed by atoms with Gasteiger partial charge in [0.2, 0.25) is 0 Å². The van der Waals surface area contributed by atoms with E-state index < -0.39 is 0 Å². The molecule has 0 unspecified atom stereocenters. The number of aryl methyl sites for hydroxylation is 1. The van der Waals surface area contributed by atoms with Crippen molar-refractivity contribution < 1.29 is 0 Å². The van der Waals surface area contributed by atoms with E-state index in [0.717, 1.165) is 12.4 Å². The fourth-order valence-electron chi connectivity index (χ4n) is 1.76. The minimum atomic E-state index is 0.635. The van der Waals surface area contributed by atoms with Crippen LogP contribution in [0.1, 0.15) is 11.1 Å². The molecule has 0 aliphatic carbocycles. The van der Waals surface area contributed by atoms with Crippen molar-refractivity contribution in [2.24, 2.45) is 0 Å². The Bertz CT molecular complexity index is 675. The van der Waals surface area contributed by atoms with E-state index in [-0.39, 0.29) is 0 Å². The molecule has 0 aliphatic rings. The van der Waals surface area contributed by atoms with Gasteiger partial charge in [0.05, 0.1) is 0 Å². The Morgan fingerprint density at radius 3 is 3.06 bits per heavy atom. The summed E-state index contributed by atoms with van der Waals surface area (Å²) in [5.41, 5.74) is 3.10. The van der Waals surface area contributed by atoms with E-state index in [1.54, 1.807) is 0 Å². The summed E-state index contributed by atoms with van der Waals surface area (Å²) in [5.74, 6) is 0.747. The average Bonchev–Trinajstić information content (AvgIpc) is 2.84. The zero-order valence-corrected chi connectivity index (χ0v) is 9.91. The largest absolute Gasteiger partial charge is 0.365 e. The first-order chi connectivity index (χ1) is 8.81. The number of anilines is 1. The Morgan fingerprint density at radius 2 is 2.17 bits per heavy atom.